The predicted octanol–water partition coefficient (Wildman–Crippen LogP) is 5.41. The number of nitro groups is 2. The molecular formula is C36H26N4O9. The van der Waals surface area contributed by atoms with Crippen molar-refractivity contribution in [2.24, 2.45) is 29.6 Å². The summed E-state index contributed by atoms with van der Waals surface area (Å²) in [4.78, 5) is 80.2. The summed E-state index contributed by atoms with van der Waals surface area (Å²) in [6.07, 6.45) is 2.13. The fourth-order valence-corrected chi connectivity index (χ4v) is 8.48. The van der Waals surface area contributed by atoms with Crippen molar-refractivity contribution in [2.75, 3.05) is 9.80 Å². The molecule has 0 spiro atoms. The highest BCUT2D eigenvalue weighted by molar-refractivity contribution is 6.24. The number of non-ortho nitro benzene ring substituents is 2. The number of anilines is 2. The molecule has 2 heterocycles. The Morgan fingerprint density at radius 2 is 1.18 bits per heavy atom. The molecule has 4 aromatic carbocycles. The van der Waals surface area contributed by atoms with Crippen molar-refractivity contribution >= 4 is 57.2 Å². The second-order valence-electron chi connectivity index (χ2n) is 12.8. The number of carbonyl (C=O) groups is 4. The number of benzene rings is 4. The first-order chi connectivity index (χ1) is 23.6. The van der Waals surface area contributed by atoms with E-state index in [-0.39, 0.29) is 41.3 Å². The summed E-state index contributed by atoms with van der Waals surface area (Å²) in [5.74, 6) is -7.07. The first kappa shape index (κ1) is 30.1. The molecule has 1 saturated carbocycles. The summed E-state index contributed by atoms with van der Waals surface area (Å²) in [5.41, 5.74) is 1.10. The summed E-state index contributed by atoms with van der Waals surface area (Å²) >= 11 is 0. The smallest absolute Gasteiger partial charge is 0.269 e. The lowest BCUT2D eigenvalue weighted by molar-refractivity contribution is -0.385. The maximum atomic E-state index is 14.4. The number of imide groups is 2. The first-order valence-corrected chi connectivity index (χ1v) is 15.7. The Morgan fingerprint density at radius 1 is 0.633 bits per heavy atom. The van der Waals surface area contributed by atoms with Crippen molar-refractivity contribution in [3.63, 3.8) is 0 Å². The zero-order chi connectivity index (χ0) is 34.3. The zero-order valence-corrected chi connectivity index (χ0v) is 25.5. The van der Waals surface area contributed by atoms with Crippen LogP contribution < -0.4 is 9.80 Å². The maximum Gasteiger partial charge on any atom is 0.269 e. The third-order valence-electron chi connectivity index (χ3n) is 10.5. The van der Waals surface area contributed by atoms with Gasteiger partial charge in [-0.3, -0.25) is 49.2 Å². The SMILES string of the molecule is O=C1C2CC=C3C(CC4C(=O)N(c5ccc([N+](=O)[O-])cc5)C(=O)C4C3c3c(O)ccc4ccccc34)C2C(=O)N1c1ccc([N+](=O)[O-])cc1. The van der Waals surface area contributed by atoms with Crippen LogP contribution in [0.2, 0.25) is 0 Å². The van der Waals surface area contributed by atoms with Gasteiger partial charge in [0.25, 0.3) is 11.4 Å². The summed E-state index contributed by atoms with van der Waals surface area (Å²) in [6.45, 7) is 0. The van der Waals surface area contributed by atoms with E-state index in [4.69, 9.17) is 0 Å². The summed E-state index contributed by atoms with van der Waals surface area (Å²) in [5, 5.41) is 35.4. The molecule has 13 nitrogen and oxygen atoms in total. The molecule has 4 amide bonds. The largest absolute Gasteiger partial charge is 0.508 e. The molecule has 0 radical (unpaired) electrons. The number of phenolic OH excluding ortho intramolecular Hbond substituents is 1. The Hall–Kier alpha value is -6.24. The molecule has 2 aliphatic heterocycles. The van der Waals surface area contributed by atoms with Crippen LogP contribution in [-0.2, 0) is 19.2 Å². The van der Waals surface area contributed by atoms with Gasteiger partial charge < -0.3 is 5.11 Å². The molecule has 0 bridgehead atoms. The van der Waals surface area contributed by atoms with E-state index in [0.29, 0.717) is 16.5 Å². The normalized spacial score (nSPS) is 26.0. The summed E-state index contributed by atoms with van der Waals surface area (Å²) in [6, 6.07) is 20.9. The van der Waals surface area contributed by atoms with Gasteiger partial charge in [0.15, 0.2) is 0 Å². The number of allylic oxidation sites excluding steroid dienone is 2. The molecule has 49 heavy (non-hydrogen) atoms. The Labute approximate surface area is 277 Å². The molecular weight excluding hydrogens is 632 g/mol. The van der Waals surface area contributed by atoms with Crippen LogP contribution in [-0.4, -0.2) is 38.6 Å². The molecule has 8 rings (SSSR count). The van der Waals surface area contributed by atoms with Crippen molar-refractivity contribution in [3.05, 3.63) is 122 Å². The van der Waals surface area contributed by atoms with Crippen LogP contribution in [0.3, 0.4) is 0 Å². The highest BCUT2D eigenvalue weighted by Gasteiger charge is 2.62. The van der Waals surface area contributed by atoms with Crippen molar-refractivity contribution in [3.8, 4) is 5.75 Å². The molecule has 6 atom stereocenters. The van der Waals surface area contributed by atoms with E-state index in [1.165, 1.54) is 48.5 Å². The predicted molar refractivity (Wildman–Crippen MR) is 174 cm³/mol. The fraction of sp³-hybridized carbons (Fsp3) is 0.222. The third-order valence-corrected chi connectivity index (χ3v) is 10.5. The van der Waals surface area contributed by atoms with Crippen molar-refractivity contribution in [2.45, 2.75) is 18.8 Å². The fourth-order valence-electron chi connectivity index (χ4n) is 8.48. The van der Waals surface area contributed by atoms with Crippen LogP contribution in [0.5, 0.6) is 5.75 Å². The van der Waals surface area contributed by atoms with Gasteiger partial charge in [0, 0.05) is 35.7 Å². The quantitative estimate of drug-likeness (QED) is 0.127. The third kappa shape index (κ3) is 4.38. The molecule has 3 fully saturated rings. The topological polar surface area (TPSA) is 181 Å². The number of aromatic hydroxyl groups is 1. The molecule has 244 valence electrons. The number of amides is 4. The van der Waals surface area contributed by atoms with Crippen LogP contribution in [0.25, 0.3) is 10.8 Å². The number of hydrogen-bond donors (Lipinski definition) is 1. The lowest BCUT2D eigenvalue weighted by Crippen LogP contribution is -2.43. The van der Waals surface area contributed by atoms with Gasteiger partial charge in [0.2, 0.25) is 23.6 Å². The minimum Gasteiger partial charge on any atom is -0.508 e. The minimum absolute atomic E-state index is 0.0820. The summed E-state index contributed by atoms with van der Waals surface area (Å²) < 4.78 is 0. The lowest BCUT2D eigenvalue weighted by atomic mass is 9.56. The first-order valence-electron chi connectivity index (χ1n) is 15.7. The van der Waals surface area contributed by atoms with Gasteiger partial charge in [0.1, 0.15) is 5.75 Å². The van der Waals surface area contributed by atoms with E-state index >= 15 is 0 Å². The molecule has 1 N–H and O–H groups in total. The van der Waals surface area contributed by atoms with Crippen molar-refractivity contribution in [1.29, 1.82) is 0 Å². The van der Waals surface area contributed by atoms with E-state index in [2.05, 4.69) is 0 Å². The number of phenols is 1. The van der Waals surface area contributed by atoms with E-state index in [9.17, 15) is 44.5 Å². The van der Waals surface area contributed by atoms with Gasteiger partial charge in [-0.15, -0.1) is 0 Å². The van der Waals surface area contributed by atoms with Gasteiger partial charge in [-0.2, -0.15) is 0 Å². The number of nitrogens with zero attached hydrogens (tertiary/aromatic N) is 4. The Bertz CT molecular complexity index is 2180. The van der Waals surface area contributed by atoms with Gasteiger partial charge >= 0.3 is 0 Å². The number of hydrogen-bond acceptors (Lipinski definition) is 9. The van der Waals surface area contributed by atoms with Crippen molar-refractivity contribution in [1.82, 2.24) is 0 Å². The Kier molecular flexibility index (Phi) is 6.70. The van der Waals surface area contributed by atoms with E-state index < -0.39 is 69.0 Å². The zero-order valence-electron chi connectivity index (χ0n) is 25.5. The second kappa shape index (κ2) is 10.9. The number of carbonyl (C=O) groups excluding carboxylic acids is 4. The highest BCUT2D eigenvalue weighted by Crippen LogP contribution is 2.60. The molecule has 4 aliphatic rings. The van der Waals surface area contributed by atoms with Crippen LogP contribution in [0.4, 0.5) is 22.7 Å². The van der Waals surface area contributed by atoms with Gasteiger partial charge in [-0.1, -0.05) is 42.0 Å². The Balaban J connectivity index is 1.26. The van der Waals surface area contributed by atoms with Gasteiger partial charge in [-0.25, -0.2) is 0 Å². The monoisotopic (exact) mass is 658 g/mol. The van der Waals surface area contributed by atoms with Crippen LogP contribution in [0.1, 0.15) is 24.3 Å². The van der Waals surface area contributed by atoms with E-state index in [1.807, 2.05) is 24.3 Å². The maximum absolute atomic E-state index is 14.4. The van der Waals surface area contributed by atoms with Gasteiger partial charge in [-0.05, 0) is 59.9 Å². The van der Waals surface area contributed by atoms with Crippen LogP contribution >= 0.6 is 0 Å². The number of rotatable bonds is 5. The number of nitro benzene ring substituents is 2. The van der Waals surface area contributed by atoms with Crippen LogP contribution in [0.15, 0.2) is 96.6 Å². The molecule has 2 aliphatic carbocycles. The molecule has 0 aromatic heterocycles. The van der Waals surface area contributed by atoms with E-state index in [0.717, 1.165) is 15.2 Å². The van der Waals surface area contributed by atoms with E-state index in [1.54, 1.807) is 18.2 Å². The average molecular weight is 659 g/mol. The number of fused-ring (bicyclic) bond motifs is 5. The van der Waals surface area contributed by atoms with Crippen LogP contribution in [0, 0.1) is 49.8 Å². The molecule has 2 saturated heterocycles. The summed E-state index contributed by atoms with van der Waals surface area (Å²) in [7, 11) is 0. The lowest BCUT2D eigenvalue weighted by Gasteiger charge is -2.44. The average Bonchev–Trinajstić information content (AvgIpc) is 3.51. The minimum atomic E-state index is -0.962. The highest BCUT2D eigenvalue weighted by atomic mass is 16.6. The van der Waals surface area contributed by atoms with Gasteiger partial charge in [0.05, 0.1) is 44.9 Å². The Morgan fingerprint density at radius 3 is 1.78 bits per heavy atom. The molecule has 4 aromatic rings. The molecule has 6 unspecified atom stereocenters. The standard InChI is InChI=1S/C36H26N4O9/c41-28-16-5-18-3-1-2-4-23(18)30(28)31-24-14-15-25-29(35(44)37(33(25)42)19-6-10-21(11-7-19)39(46)47)26(24)17-27-32(31)36(45)38(34(27)43)20-8-12-22(13-9-20)40(48)49/h1-14,16,25-27,29,31-32,41H,15,17H2. The molecule has 13 heteroatoms. The second-order valence-corrected chi connectivity index (χ2v) is 12.8. The van der Waals surface area contributed by atoms with Crippen molar-refractivity contribution < 1.29 is 34.1 Å².